The third-order valence-corrected chi connectivity index (χ3v) is 3.20. The van der Waals surface area contributed by atoms with Crippen molar-refractivity contribution in [1.29, 1.82) is 0 Å². The van der Waals surface area contributed by atoms with Crippen LogP contribution in [-0.4, -0.2) is 16.8 Å². The van der Waals surface area contributed by atoms with E-state index in [2.05, 4.69) is 15.6 Å². The molecule has 120 valence electrons. The van der Waals surface area contributed by atoms with Crippen LogP contribution in [0, 0.1) is 0 Å². The molecule has 0 radical (unpaired) electrons. The standard InChI is InChI=1S/C17H19N3O3/c1-2-5-15(21)20-13-7-3-6-12(10-13)11-19-17(23)14-8-4-9-18-16(14)22/h3-4,6-10H,2,5,11H2,1H3,(H,18,22)(H,19,23)(H,20,21). The third kappa shape index (κ3) is 4.81. The number of nitrogens with one attached hydrogen (secondary N) is 3. The van der Waals surface area contributed by atoms with Gasteiger partial charge in [-0.1, -0.05) is 19.1 Å². The van der Waals surface area contributed by atoms with Crippen molar-refractivity contribution in [2.75, 3.05) is 5.32 Å². The maximum atomic E-state index is 12.0. The number of benzene rings is 1. The number of hydrogen-bond donors (Lipinski definition) is 3. The molecule has 0 unspecified atom stereocenters. The van der Waals surface area contributed by atoms with Gasteiger partial charge < -0.3 is 15.6 Å². The molecule has 2 rings (SSSR count). The molecule has 2 amide bonds. The first-order chi connectivity index (χ1) is 11.1. The van der Waals surface area contributed by atoms with Gasteiger partial charge >= 0.3 is 0 Å². The lowest BCUT2D eigenvalue weighted by Crippen LogP contribution is -2.28. The lowest BCUT2D eigenvalue weighted by Gasteiger charge is -2.08. The Hall–Kier alpha value is -2.89. The van der Waals surface area contributed by atoms with Gasteiger partial charge in [0.15, 0.2) is 0 Å². The molecule has 0 saturated carbocycles. The number of carbonyl (C=O) groups excluding carboxylic acids is 2. The Balaban J connectivity index is 1.98. The zero-order valence-corrected chi connectivity index (χ0v) is 12.9. The molecule has 0 fully saturated rings. The van der Waals surface area contributed by atoms with Crippen molar-refractivity contribution < 1.29 is 9.59 Å². The predicted molar refractivity (Wildman–Crippen MR) is 88.2 cm³/mol. The molecule has 6 heteroatoms. The van der Waals surface area contributed by atoms with E-state index >= 15 is 0 Å². The number of rotatable bonds is 6. The van der Waals surface area contributed by atoms with Crippen LogP contribution in [0.4, 0.5) is 5.69 Å². The molecule has 1 aromatic heterocycles. The van der Waals surface area contributed by atoms with Gasteiger partial charge in [-0.05, 0) is 36.2 Å². The maximum absolute atomic E-state index is 12.0. The van der Waals surface area contributed by atoms with Crippen LogP contribution in [0.1, 0.15) is 35.7 Å². The number of amides is 2. The van der Waals surface area contributed by atoms with Gasteiger partial charge in [0.05, 0.1) is 0 Å². The largest absolute Gasteiger partial charge is 0.348 e. The Morgan fingerprint density at radius 1 is 1.17 bits per heavy atom. The molecule has 1 heterocycles. The molecule has 1 aromatic carbocycles. The minimum Gasteiger partial charge on any atom is -0.348 e. The molecule has 3 N–H and O–H groups in total. The Kier molecular flexibility index (Phi) is 5.68. The molecule has 0 spiro atoms. The summed E-state index contributed by atoms with van der Waals surface area (Å²) in [5.41, 5.74) is 1.17. The van der Waals surface area contributed by atoms with Crippen molar-refractivity contribution in [2.45, 2.75) is 26.3 Å². The fourth-order valence-electron chi connectivity index (χ4n) is 2.09. The van der Waals surface area contributed by atoms with Crippen molar-refractivity contribution in [3.05, 3.63) is 64.1 Å². The van der Waals surface area contributed by atoms with Crippen LogP contribution in [-0.2, 0) is 11.3 Å². The molecule has 0 aliphatic carbocycles. The van der Waals surface area contributed by atoms with Crippen LogP contribution >= 0.6 is 0 Å². The molecule has 0 aliphatic rings. The topological polar surface area (TPSA) is 91.1 Å². The number of anilines is 1. The Morgan fingerprint density at radius 2 is 2.00 bits per heavy atom. The number of H-pyrrole nitrogens is 1. The average Bonchev–Trinajstić information content (AvgIpc) is 2.53. The van der Waals surface area contributed by atoms with Crippen molar-refractivity contribution in [1.82, 2.24) is 10.3 Å². The molecular weight excluding hydrogens is 294 g/mol. The first kappa shape index (κ1) is 16.5. The number of pyridine rings is 1. The van der Waals surface area contributed by atoms with Crippen LogP contribution in [0.2, 0.25) is 0 Å². The number of aromatic nitrogens is 1. The third-order valence-electron chi connectivity index (χ3n) is 3.20. The fraction of sp³-hybridized carbons (Fsp3) is 0.235. The van der Waals surface area contributed by atoms with Crippen LogP contribution in [0.15, 0.2) is 47.4 Å². The summed E-state index contributed by atoms with van der Waals surface area (Å²) in [6, 6.07) is 10.3. The second-order valence-electron chi connectivity index (χ2n) is 5.09. The van der Waals surface area contributed by atoms with Gasteiger partial charge in [-0.15, -0.1) is 0 Å². The second kappa shape index (κ2) is 7.93. The van der Waals surface area contributed by atoms with Gasteiger partial charge in [-0.2, -0.15) is 0 Å². The molecule has 23 heavy (non-hydrogen) atoms. The van der Waals surface area contributed by atoms with Crippen LogP contribution in [0.3, 0.4) is 0 Å². The monoisotopic (exact) mass is 313 g/mol. The maximum Gasteiger partial charge on any atom is 0.260 e. The predicted octanol–water partition coefficient (Wildman–Crippen LogP) is 2.04. The molecular formula is C17H19N3O3. The first-order valence-electron chi connectivity index (χ1n) is 7.45. The van der Waals surface area contributed by atoms with E-state index in [-0.39, 0.29) is 18.0 Å². The minimum atomic E-state index is -0.438. The molecule has 6 nitrogen and oxygen atoms in total. The fourth-order valence-corrected chi connectivity index (χ4v) is 2.09. The summed E-state index contributed by atoms with van der Waals surface area (Å²) in [4.78, 5) is 37.6. The van der Waals surface area contributed by atoms with Gasteiger partial charge in [0.2, 0.25) is 5.91 Å². The highest BCUT2D eigenvalue weighted by molar-refractivity contribution is 5.93. The Bertz CT molecular complexity index is 752. The minimum absolute atomic E-state index is 0.0375. The lowest BCUT2D eigenvalue weighted by atomic mass is 10.2. The van der Waals surface area contributed by atoms with Gasteiger partial charge in [0.1, 0.15) is 5.56 Å². The van der Waals surface area contributed by atoms with E-state index in [0.29, 0.717) is 12.1 Å². The van der Waals surface area contributed by atoms with Crippen LogP contribution in [0.25, 0.3) is 0 Å². The number of hydrogen-bond acceptors (Lipinski definition) is 3. The summed E-state index contributed by atoms with van der Waals surface area (Å²) < 4.78 is 0. The Morgan fingerprint density at radius 3 is 2.74 bits per heavy atom. The highest BCUT2D eigenvalue weighted by atomic mass is 16.2. The molecule has 2 aromatic rings. The normalized spacial score (nSPS) is 10.1. The van der Waals surface area contributed by atoms with E-state index in [1.807, 2.05) is 13.0 Å². The zero-order valence-electron chi connectivity index (χ0n) is 12.9. The highest BCUT2D eigenvalue weighted by Gasteiger charge is 2.09. The molecule has 0 atom stereocenters. The summed E-state index contributed by atoms with van der Waals surface area (Å²) in [6.45, 7) is 2.21. The average molecular weight is 313 g/mol. The Labute approximate surface area is 133 Å². The summed E-state index contributed by atoms with van der Waals surface area (Å²) in [7, 11) is 0. The summed E-state index contributed by atoms with van der Waals surface area (Å²) in [5, 5.41) is 5.50. The van der Waals surface area contributed by atoms with Crippen molar-refractivity contribution in [3.63, 3.8) is 0 Å². The summed E-state index contributed by atoms with van der Waals surface area (Å²) >= 11 is 0. The van der Waals surface area contributed by atoms with Gasteiger partial charge in [0, 0.05) is 24.8 Å². The van der Waals surface area contributed by atoms with Crippen molar-refractivity contribution in [3.8, 4) is 0 Å². The second-order valence-corrected chi connectivity index (χ2v) is 5.09. The summed E-state index contributed by atoms with van der Waals surface area (Å²) in [6.07, 6.45) is 2.73. The van der Waals surface area contributed by atoms with E-state index in [1.54, 1.807) is 24.3 Å². The van der Waals surface area contributed by atoms with E-state index in [0.717, 1.165) is 12.0 Å². The van der Waals surface area contributed by atoms with Crippen molar-refractivity contribution >= 4 is 17.5 Å². The van der Waals surface area contributed by atoms with E-state index in [9.17, 15) is 14.4 Å². The summed E-state index contributed by atoms with van der Waals surface area (Å²) in [5.74, 6) is -0.475. The zero-order chi connectivity index (χ0) is 16.7. The van der Waals surface area contributed by atoms with Gasteiger partial charge in [0.25, 0.3) is 11.5 Å². The van der Waals surface area contributed by atoms with Gasteiger partial charge in [-0.3, -0.25) is 14.4 Å². The van der Waals surface area contributed by atoms with E-state index < -0.39 is 11.5 Å². The van der Waals surface area contributed by atoms with E-state index in [1.165, 1.54) is 12.3 Å². The lowest BCUT2D eigenvalue weighted by molar-refractivity contribution is -0.116. The SMILES string of the molecule is CCCC(=O)Nc1cccc(CNC(=O)c2ccc[nH]c2=O)c1. The first-order valence-corrected chi connectivity index (χ1v) is 7.45. The smallest absolute Gasteiger partial charge is 0.260 e. The highest BCUT2D eigenvalue weighted by Crippen LogP contribution is 2.11. The van der Waals surface area contributed by atoms with Crippen LogP contribution in [0.5, 0.6) is 0 Å². The number of aromatic amines is 1. The van der Waals surface area contributed by atoms with Gasteiger partial charge in [-0.25, -0.2) is 0 Å². The number of carbonyl (C=O) groups is 2. The van der Waals surface area contributed by atoms with Crippen molar-refractivity contribution in [2.24, 2.45) is 0 Å². The molecule has 0 aliphatic heterocycles. The van der Waals surface area contributed by atoms with Crippen LogP contribution < -0.4 is 16.2 Å². The molecule has 0 bridgehead atoms. The van der Waals surface area contributed by atoms with E-state index in [4.69, 9.17) is 0 Å². The molecule has 0 saturated heterocycles. The quantitative estimate of drug-likeness (QED) is 0.762.